The number of amides is 3. The number of nitrogens with one attached hydrogen (secondary N) is 2. The third-order valence-electron chi connectivity index (χ3n) is 4.52. The van der Waals surface area contributed by atoms with Crippen molar-refractivity contribution in [2.45, 2.75) is 85.5 Å². The van der Waals surface area contributed by atoms with Crippen LogP contribution >= 0.6 is 0 Å². The van der Waals surface area contributed by atoms with Crippen LogP contribution in [0.2, 0.25) is 0 Å². The van der Waals surface area contributed by atoms with Crippen molar-refractivity contribution in [2.24, 2.45) is 5.92 Å². The zero-order valence-electron chi connectivity index (χ0n) is 20.6. The van der Waals surface area contributed by atoms with Gasteiger partial charge in [-0.25, -0.2) is 4.79 Å². The highest BCUT2D eigenvalue weighted by atomic mass is 16.6. The summed E-state index contributed by atoms with van der Waals surface area (Å²) in [5.41, 5.74) is -0.136. The van der Waals surface area contributed by atoms with Gasteiger partial charge < -0.3 is 25.4 Å². The van der Waals surface area contributed by atoms with Gasteiger partial charge in [0.25, 0.3) is 0 Å². The first kappa shape index (κ1) is 27.3. The number of hydrogen-bond acceptors (Lipinski definition) is 5. The van der Waals surface area contributed by atoms with E-state index in [0.29, 0.717) is 12.0 Å². The van der Waals surface area contributed by atoms with Gasteiger partial charge in [0, 0.05) is 12.6 Å². The molecule has 0 fully saturated rings. The van der Waals surface area contributed by atoms with Crippen molar-refractivity contribution in [3.63, 3.8) is 0 Å². The maximum atomic E-state index is 13.6. The number of phenolic OH excluding ortho intramolecular Hbond substituents is 1. The third kappa shape index (κ3) is 8.77. The highest BCUT2D eigenvalue weighted by Crippen LogP contribution is 2.25. The molecule has 1 aromatic rings. The van der Waals surface area contributed by atoms with Gasteiger partial charge in [0.15, 0.2) is 0 Å². The Balaban J connectivity index is 3.31. The largest absolute Gasteiger partial charge is 0.508 e. The van der Waals surface area contributed by atoms with Crippen molar-refractivity contribution >= 4 is 17.9 Å². The number of benzene rings is 1. The molecule has 1 aromatic carbocycles. The number of ether oxygens (including phenoxy) is 1. The average molecular weight is 450 g/mol. The van der Waals surface area contributed by atoms with Crippen LogP contribution in [0.15, 0.2) is 24.3 Å². The molecule has 0 aliphatic heterocycles. The zero-order valence-corrected chi connectivity index (χ0v) is 20.6. The van der Waals surface area contributed by atoms with E-state index < -0.39 is 23.8 Å². The average Bonchev–Trinajstić information content (AvgIpc) is 2.63. The Morgan fingerprint density at radius 3 is 2.03 bits per heavy atom. The lowest BCUT2D eigenvalue weighted by Gasteiger charge is -2.34. The summed E-state index contributed by atoms with van der Waals surface area (Å²) in [6, 6.07) is 4.31. The molecule has 2 unspecified atom stereocenters. The molecule has 3 amide bonds. The van der Waals surface area contributed by atoms with Crippen molar-refractivity contribution in [1.29, 1.82) is 0 Å². The van der Waals surface area contributed by atoms with Gasteiger partial charge in [0.05, 0.1) is 0 Å². The molecule has 8 nitrogen and oxygen atoms in total. The summed E-state index contributed by atoms with van der Waals surface area (Å²) in [5.74, 6) is -0.518. The topological polar surface area (TPSA) is 108 Å². The molecule has 3 N–H and O–H groups in total. The Hall–Kier alpha value is -2.77. The minimum Gasteiger partial charge on any atom is -0.508 e. The van der Waals surface area contributed by atoms with Crippen LogP contribution in [0, 0.1) is 5.92 Å². The number of rotatable bonds is 9. The fourth-order valence-corrected chi connectivity index (χ4v) is 3.30. The smallest absolute Gasteiger partial charge is 0.408 e. The van der Waals surface area contributed by atoms with Crippen LogP contribution in [-0.4, -0.2) is 52.1 Å². The number of phenols is 1. The molecule has 0 heterocycles. The van der Waals surface area contributed by atoms with Gasteiger partial charge >= 0.3 is 6.09 Å². The quantitative estimate of drug-likeness (QED) is 0.532. The SMILES string of the molecule is CCN(C(=O)C(CC(C)C)NC(=O)OC(C)(C)C)C(C(=O)NC(C)C)c1ccc(O)cc1. The highest BCUT2D eigenvalue weighted by Gasteiger charge is 2.35. The summed E-state index contributed by atoms with van der Waals surface area (Å²) >= 11 is 0. The van der Waals surface area contributed by atoms with Gasteiger partial charge in [-0.3, -0.25) is 9.59 Å². The van der Waals surface area contributed by atoms with Crippen LogP contribution in [0.1, 0.15) is 73.4 Å². The summed E-state index contributed by atoms with van der Waals surface area (Å²) < 4.78 is 5.34. The molecule has 0 saturated heterocycles. The van der Waals surface area contributed by atoms with Gasteiger partial charge in [0.2, 0.25) is 11.8 Å². The maximum absolute atomic E-state index is 13.6. The molecule has 0 aromatic heterocycles. The first-order chi connectivity index (χ1) is 14.7. The molecule has 180 valence electrons. The van der Waals surface area contributed by atoms with Crippen molar-refractivity contribution in [3.05, 3.63) is 29.8 Å². The van der Waals surface area contributed by atoms with E-state index in [2.05, 4.69) is 10.6 Å². The molecule has 0 spiro atoms. The van der Waals surface area contributed by atoms with E-state index in [9.17, 15) is 19.5 Å². The van der Waals surface area contributed by atoms with E-state index >= 15 is 0 Å². The Bertz CT molecular complexity index is 769. The normalized spacial score (nSPS) is 13.4. The van der Waals surface area contributed by atoms with Crippen LogP contribution in [0.3, 0.4) is 0 Å². The minimum absolute atomic E-state index is 0.0652. The van der Waals surface area contributed by atoms with E-state index in [1.165, 1.54) is 17.0 Å². The third-order valence-corrected chi connectivity index (χ3v) is 4.52. The van der Waals surface area contributed by atoms with Crippen molar-refractivity contribution in [1.82, 2.24) is 15.5 Å². The van der Waals surface area contributed by atoms with Gasteiger partial charge in [-0.1, -0.05) is 26.0 Å². The summed E-state index contributed by atoms with van der Waals surface area (Å²) in [4.78, 5) is 40.6. The van der Waals surface area contributed by atoms with Crippen molar-refractivity contribution < 1.29 is 24.2 Å². The Morgan fingerprint density at radius 2 is 1.59 bits per heavy atom. The predicted molar refractivity (Wildman–Crippen MR) is 124 cm³/mol. The Morgan fingerprint density at radius 1 is 1.03 bits per heavy atom. The molecular weight excluding hydrogens is 410 g/mol. The van der Waals surface area contributed by atoms with E-state index in [-0.39, 0.29) is 36.1 Å². The first-order valence-corrected chi connectivity index (χ1v) is 11.1. The molecule has 0 saturated carbocycles. The molecular formula is C24H39N3O5. The van der Waals surface area contributed by atoms with Gasteiger partial charge in [-0.15, -0.1) is 0 Å². The van der Waals surface area contributed by atoms with Crippen molar-refractivity contribution in [2.75, 3.05) is 6.54 Å². The summed E-state index contributed by atoms with van der Waals surface area (Å²) in [6.07, 6.45) is -0.289. The molecule has 0 bridgehead atoms. The van der Waals surface area contributed by atoms with Crippen molar-refractivity contribution in [3.8, 4) is 5.75 Å². The van der Waals surface area contributed by atoms with Crippen LogP contribution in [0.25, 0.3) is 0 Å². The van der Waals surface area contributed by atoms with E-state index in [1.54, 1.807) is 39.8 Å². The predicted octanol–water partition coefficient (Wildman–Crippen LogP) is 3.75. The van der Waals surface area contributed by atoms with E-state index in [4.69, 9.17) is 4.74 Å². The lowest BCUT2D eigenvalue weighted by Crippen LogP contribution is -2.53. The van der Waals surface area contributed by atoms with E-state index in [0.717, 1.165) is 0 Å². The lowest BCUT2D eigenvalue weighted by atomic mass is 9.99. The Kier molecular flexibility index (Phi) is 10.0. The fourth-order valence-electron chi connectivity index (χ4n) is 3.30. The fraction of sp³-hybridized carbons (Fsp3) is 0.625. The number of nitrogens with zero attached hydrogens (tertiary/aromatic N) is 1. The van der Waals surface area contributed by atoms with Crippen LogP contribution in [-0.2, 0) is 14.3 Å². The summed E-state index contributed by atoms with van der Waals surface area (Å²) in [5, 5.41) is 15.2. The maximum Gasteiger partial charge on any atom is 0.408 e. The van der Waals surface area contributed by atoms with Crippen LogP contribution in [0.5, 0.6) is 5.75 Å². The number of carbonyl (C=O) groups excluding carboxylic acids is 3. The van der Waals surface area contributed by atoms with E-state index in [1.807, 2.05) is 27.7 Å². The molecule has 0 aliphatic carbocycles. The molecule has 2 atom stereocenters. The second kappa shape index (κ2) is 11.7. The second-order valence-electron chi connectivity index (χ2n) is 9.61. The summed E-state index contributed by atoms with van der Waals surface area (Å²) in [7, 11) is 0. The number of likely N-dealkylation sites (N-methyl/N-ethyl adjacent to an activating group) is 1. The number of alkyl carbamates (subject to hydrolysis) is 1. The Labute approximate surface area is 191 Å². The van der Waals surface area contributed by atoms with Gasteiger partial charge in [-0.2, -0.15) is 0 Å². The standard InChI is InChI=1S/C24H39N3O5/c1-9-27(20(21(29)25-16(4)5)17-10-12-18(28)13-11-17)22(30)19(14-15(2)3)26-23(31)32-24(6,7)8/h10-13,15-16,19-20,28H,9,14H2,1-8H3,(H,25,29)(H,26,31). The number of hydrogen-bond donors (Lipinski definition) is 3. The molecule has 1 rings (SSSR count). The molecule has 32 heavy (non-hydrogen) atoms. The lowest BCUT2D eigenvalue weighted by molar-refractivity contribution is -0.142. The highest BCUT2D eigenvalue weighted by molar-refractivity contribution is 5.92. The summed E-state index contributed by atoms with van der Waals surface area (Å²) in [6.45, 7) is 14.9. The molecule has 0 radical (unpaired) electrons. The van der Waals surface area contributed by atoms with Gasteiger partial charge in [-0.05, 0) is 71.6 Å². The second-order valence-corrected chi connectivity index (χ2v) is 9.61. The number of aromatic hydroxyl groups is 1. The van der Waals surface area contributed by atoms with Gasteiger partial charge in [0.1, 0.15) is 23.4 Å². The van der Waals surface area contributed by atoms with Crippen LogP contribution < -0.4 is 10.6 Å². The minimum atomic E-state index is -0.911. The molecule has 8 heteroatoms. The number of carbonyl (C=O) groups is 3. The monoisotopic (exact) mass is 449 g/mol. The van der Waals surface area contributed by atoms with Crippen LogP contribution in [0.4, 0.5) is 4.79 Å². The first-order valence-electron chi connectivity index (χ1n) is 11.1. The molecule has 0 aliphatic rings. The zero-order chi connectivity index (χ0) is 24.6.